The van der Waals surface area contributed by atoms with Crippen LogP contribution in [0, 0.1) is 5.82 Å². The molecular weight excluding hydrogens is 223 g/mol. The van der Waals surface area contributed by atoms with Crippen molar-refractivity contribution in [2.24, 2.45) is 0 Å². The number of ketones is 1. The fourth-order valence-corrected chi connectivity index (χ4v) is 1.91. The smallest absolute Gasteiger partial charge is 0.315 e. The molecule has 0 aromatic heterocycles. The molecule has 0 aliphatic carbocycles. The minimum absolute atomic E-state index is 0.199. The van der Waals surface area contributed by atoms with Crippen LogP contribution in [0.4, 0.5) is 9.18 Å². The third kappa shape index (κ3) is 2.27. The Hall–Kier alpha value is -1.91. The van der Waals surface area contributed by atoms with E-state index in [0.717, 1.165) is 0 Å². The molecule has 1 aliphatic heterocycles. The average Bonchev–Trinajstić information content (AvgIpc) is 2.70. The number of Topliss-reactive ketones (excluding diaryl/α,β-unsaturated/α-hetero) is 1. The van der Waals surface area contributed by atoms with Gasteiger partial charge in [-0.05, 0) is 30.7 Å². The highest BCUT2D eigenvalue weighted by molar-refractivity contribution is 6.03. The van der Waals surface area contributed by atoms with Crippen molar-refractivity contribution in [2.75, 3.05) is 0 Å². The first-order valence-corrected chi connectivity index (χ1v) is 5.48. The summed E-state index contributed by atoms with van der Waals surface area (Å²) in [5.74, 6) is -0.586. The first kappa shape index (κ1) is 11.6. The molecule has 2 atom stereocenters. The van der Waals surface area contributed by atoms with E-state index in [9.17, 15) is 14.0 Å². The van der Waals surface area contributed by atoms with E-state index in [1.807, 2.05) is 6.92 Å². The summed E-state index contributed by atoms with van der Waals surface area (Å²) < 4.78 is 12.7. The normalized spacial score (nSPS) is 23.1. The largest absolute Gasteiger partial charge is 0.333 e. The number of nitrogens with one attached hydrogen (secondary N) is 2. The Labute approximate surface area is 98.2 Å². The number of benzene rings is 1. The summed E-state index contributed by atoms with van der Waals surface area (Å²) in [5, 5.41) is 5.25. The SMILES string of the molecule is CCC1NC(=O)NC1C(=O)c1ccc(F)cc1. The van der Waals surface area contributed by atoms with Gasteiger partial charge in [-0.15, -0.1) is 0 Å². The van der Waals surface area contributed by atoms with Crippen molar-refractivity contribution >= 4 is 11.8 Å². The van der Waals surface area contributed by atoms with Gasteiger partial charge >= 0.3 is 6.03 Å². The van der Waals surface area contributed by atoms with Gasteiger partial charge in [0.15, 0.2) is 5.78 Å². The van der Waals surface area contributed by atoms with E-state index >= 15 is 0 Å². The lowest BCUT2D eigenvalue weighted by Gasteiger charge is -2.15. The Balaban J connectivity index is 2.19. The Morgan fingerprint density at radius 1 is 1.29 bits per heavy atom. The summed E-state index contributed by atoms with van der Waals surface area (Å²) >= 11 is 0. The van der Waals surface area contributed by atoms with E-state index in [1.54, 1.807) is 0 Å². The highest BCUT2D eigenvalue weighted by atomic mass is 19.1. The maximum absolute atomic E-state index is 12.7. The lowest BCUT2D eigenvalue weighted by molar-refractivity contribution is 0.0943. The van der Waals surface area contributed by atoms with Gasteiger partial charge in [0.2, 0.25) is 0 Å². The molecule has 0 spiro atoms. The Morgan fingerprint density at radius 2 is 1.94 bits per heavy atom. The van der Waals surface area contributed by atoms with Crippen LogP contribution in [-0.4, -0.2) is 23.9 Å². The van der Waals surface area contributed by atoms with E-state index in [-0.39, 0.29) is 23.7 Å². The number of rotatable bonds is 3. The summed E-state index contributed by atoms with van der Waals surface area (Å²) in [7, 11) is 0. The van der Waals surface area contributed by atoms with Crippen molar-refractivity contribution in [1.29, 1.82) is 0 Å². The maximum atomic E-state index is 12.7. The lowest BCUT2D eigenvalue weighted by Crippen LogP contribution is -2.40. The minimum atomic E-state index is -0.571. The number of carbonyl (C=O) groups excluding carboxylic acids is 2. The quantitative estimate of drug-likeness (QED) is 0.781. The molecule has 2 N–H and O–H groups in total. The molecule has 90 valence electrons. The first-order chi connectivity index (χ1) is 8.11. The van der Waals surface area contributed by atoms with Gasteiger partial charge < -0.3 is 10.6 Å². The lowest BCUT2D eigenvalue weighted by atomic mass is 9.98. The average molecular weight is 236 g/mol. The molecule has 2 rings (SSSR count). The number of amides is 2. The van der Waals surface area contributed by atoms with Crippen molar-refractivity contribution in [3.63, 3.8) is 0 Å². The van der Waals surface area contributed by atoms with Crippen molar-refractivity contribution < 1.29 is 14.0 Å². The molecule has 2 unspecified atom stereocenters. The van der Waals surface area contributed by atoms with E-state index in [1.165, 1.54) is 24.3 Å². The molecule has 1 saturated heterocycles. The summed E-state index contributed by atoms with van der Waals surface area (Å²) in [5.41, 5.74) is 0.402. The number of halogens is 1. The van der Waals surface area contributed by atoms with E-state index < -0.39 is 6.04 Å². The van der Waals surface area contributed by atoms with Gasteiger partial charge in [-0.1, -0.05) is 6.92 Å². The van der Waals surface area contributed by atoms with Crippen LogP contribution in [0.5, 0.6) is 0 Å². The zero-order valence-electron chi connectivity index (χ0n) is 9.37. The molecule has 1 heterocycles. The topological polar surface area (TPSA) is 58.2 Å². The summed E-state index contributed by atoms with van der Waals surface area (Å²) in [6, 6.07) is 4.20. The van der Waals surface area contributed by atoms with Crippen LogP contribution in [0.1, 0.15) is 23.7 Å². The van der Waals surface area contributed by atoms with Gasteiger partial charge in [0.05, 0.1) is 6.04 Å². The number of urea groups is 1. The highest BCUT2D eigenvalue weighted by Gasteiger charge is 2.35. The molecule has 5 heteroatoms. The van der Waals surface area contributed by atoms with Gasteiger partial charge in [-0.3, -0.25) is 4.79 Å². The second kappa shape index (κ2) is 4.53. The zero-order chi connectivity index (χ0) is 12.4. The molecule has 0 radical (unpaired) electrons. The summed E-state index contributed by atoms with van der Waals surface area (Å²) in [6.07, 6.45) is 0.663. The van der Waals surface area contributed by atoms with Gasteiger partial charge in [0.1, 0.15) is 11.9 Å². The standard InChI is InChI=1S/C12H13FN2O2/c1-2-9-10(15-12(17)14-9)11(16)7-3-5-8(13)6-4-7/h3-6,9-10H,2H2,1H3,(H2,14,15,17). The molecule has 1 fully saturated rings. The number of hydrogen-bond donors (Lipinski definition) is 2. The van der Waals surface area contributed by atoms with Gasteiger partial charge in [0.25, 0.3) is 0 Å². The molecule has 1 aromatic rings. The summed E-state index contributed by atoms with van der Waals surface area (Å²) in [4.78, 5) is 23.3. The van der Waals surface area contributed by atoms with Crippen LogP contribution >= 0.6 is 0 Å². The fourth-order valence-electron chi connectivity index (χ4n) is 1.91. The van der Waals surface area contributed by atoms with Crippen LogP contribution in [0.3, 0.4) is 0 Å². The zero-order valence-corrected chi connectivity index (χ0v) is 9.37. The monoisotopic (exact) mass is 236 g/mol. The Morgan fingerprint density at radius 3 is 2.53 bits per heavy atom. The minimum Gasteiger partial charge on any atom is -0.333 e. The number of hydrogen-bond acceptors (Lipinski definition) is 2. The Bertz CT molecular complexity index is 444. The molecule has 1 aromatic carbocycles. The van der Waals surface area contributed by atoms with Crippen LogP contribution in [0.25, 0.3) is 0 Å². The Kier molecular flexibility index (Phi) is 3.08. The van der Waals surface area contributed by atoms with Crippen molar-refractivity contribution in [3.8, 4) is 0 Å². The molecule has 17 heavy (non-hydrogen) atoms. The molecular formula is C12H13FN2O2. The summed E-state index contributed by atoms with van der Waals surface area (Å²) in [6.45, 7) is 1.89. The highest BCUT2D eigenvalue weighted by Crippen LogP contribution is 2.13. The molecule has 1 aliphatic rings. The third-order valence-corrected chi connectivity index (χ3v) is 2.86. The third-order valence-electron chi connectivity index (χ3n) is 2.86. The second-order valence-electron chi connectivity index (χ2n) is 3.98. The predicted octanol–water partition coefficient (Wildman–Crippen LogP) is 1.47. The van der Waals surface area contributed by atoms with Crippen LogP contribution in [0.15, 0.2) is 24.3 Å². The van der Waals surface area contributed by atoms with Gasteiger partial charge in [-0.2, -0.15) is 0 Å². The molecule has 4 nitrogen and oxygen atoms in total. The second-order valence-corrected chi connectivity index (χ2v) is 3.98. The van der Waals surface area contributed by atoms with Crippen molar-refractivity contribution in [1.82, 2.24) is 10.6 Å². The van der Waals surface area contributed by atoms with E-state index in [4.69, 9.17) is 0 Å². The van der Waals surface area contributed by atoms with Crippen molar-refractivity contribution in [3.05, 3.63) is 35.6 Å². The van der Waals surface area contributed by atoms with Gasteiger partial charge in [-0.25, -0.2) is 9.18 Å². The van der Waals surface area contributed by atoms with Crippen LogP contribution < -0.4 is 10.6 Å². The molecule has 2 amide bonds. The van der Waals surface area contributed by atoms with E-state index in [2.05, 4.69) is 10.6 Å². The first-order valence-electron chi connectivity index (χ1n) is 5.48. The molecule has 0 saturated carbocycles. The van der Waals surface area contributed by atoms with Crippen LogP contribution in [0.2, 0.25) is 0 Å². The number of carbonyl (C=O) groups is 2. The van der Waals surface area contributed by atoms with Crippen LogP contribution in [-0.2, 0) is 0 Å². The predicted molar refractivity (Wildman–Crippen MR) is 60.3 cm³/mol. The molecule has 0 bridgehead atoms. The fraction of sp³-hybridized carbons (Fsp3) is 0.333. The van der Waals surface area contributed by atoms with E-state index in [0.29, 0.717) is 12.0 Å². The van der Waals surface area contributed by atoms with Crippen molar-refractivity contribution in [2.45, 2.75) is 25.4 Å². The van der Waals surface area contributed by atoms with Gasteiger partial charge in [0, 0.05) is 5.56 Å². The maximum Gasteiger partial charge on any atom is 0.315 e.